The summed E-state index contributed by atoms with van der Waals surface area (Å²) in [6.07, 6.45) is 2.80. The SMILES string of the molecule is COc1ccc(CCC(C)NC(=O)C2CCN(C(=O)OCc3ccccc3)CC2)cc1. The van der Waals surface area contributed by atoms with Gasteiger partial charge in [0.1, 0.15) is 12.4 Å². The average Bonchev–Trinajstić information content (AvgIpc) is 2.82. The Balaban J connectivity index is 1.35. The average molecular weight is 425 g/mol. The van der Waals surface area contributed by atoms with Gasteiger partial charge < -0.3 is 19.7 Å². The van der Waals surface area contributed by atoms with Crippen LogP contribution in [-0.2, 0) is 22.6 Å². The molecule has 166 valence electrons. The van der Waals surface area contributed by atoms with E-state index >= 15 is 0 Å². The van der Waals surface area contributed by atoms with Crippen molar-refractivity contribution in [1.82, 2.24) is 10.2 Å². The Morgan fingerprint density at radius 2 is 1.71 bits per heavy atom. The van der Waals surface area contributed by atoms with Crippen molar-refractivity contribution in [2.24, 2.45) is 5.92 Å². The Kier molecular flexibility index (Phi) is 8.33. The maximum Gasteiger partial charge on any atom is 0.410 e. The predicted molar refractivity (Wildman–Crippen MR) is 120 cm³/mol. The molecular formula is C25H32N2O4. The summed E-state index contributed by atoms with van der Waals surface area (Å²) in [5.41, 5.74) is 2.19. The number of carbonyl (C=O) groups excluding carboxylic acids is 2. The van der Waals surface area contributed by atoms with Crippen LogP contribution in [0.3, 0.4) is 0 Å². The van der Waals surface area contributed by atoms with Crippen molar-refractivity contribution in [1.29, 1.82) is 0 Å². The second-order valence-electron chi connectivity index (χ2n) is 8.10. The topological polar surface area (TPSA) is 67.9 Å². The molecule has 0 spiro atoms. The van der Waals surface area contributed by atoms with E-state index in [1.807, 2.05) is 49.4 Å². The number of amides is 2. The first-order chi connectivity index (χ1) is 15.0. The van der Waals surface area contributed by atoms with Crippen LogP contribution in [-0.4, -0.2) is 43.1 Å². The van der Waals surface area contributed by atoms with Crippen molar-refractivity contribution < 1.29 is 19.1 Å². The monoisotopic (exact) mass is 424 g/mol. The summed E-state index contributed by atoms with van der Waals surface area (Å²) >= 11 is 0. The third kappa shape index (κ3) is 7.02. The van der Waals surface area contributed by atoms with E-state index in [2.05, 4.69) is 17.4 Å². The minimum atomic E-state index is -0.310. The lowest BCUT2D eigenvalue weighted by molar-refractivity contribution is -0.127. The zero-order chi connectivity index (χ0) is 22.1. The zero-order valence-corrected chi connectivity index (χ0v) is 18.4. The zero-order valence-electron chi connectivity index (χ0n) is 18.4. The molecule has 0 aliphatic carbocycles. The molecule has 0 radical (unpaired) electrons. The van der Waals surface area contributed by atoms with Gasteiger partial charge in [-0.25, -0.2) is 4.79 Å². The fourth-order valence-corrected chi connectivity index (χ4v) is 3.74. The van der Waals surface area contributed by atoms with Crippen LogP contribution in [0, 0.1) is 5.92 Å². The van der Waals surface area contributed by atoms with E-state index in [0.29, 0.717) is 25.9 Å². The van der Waals surface area contributed by atoms with Gasteiger partial charge >= 0.3 is 6.09 Å². The van der Waals surface area contributed by atoms with Crippen molar-refractivity contribution in [2.45, 2.75) is 45.3 Å². The summed E-state index contributed by atoms with van der Waals surface area (Å²) in [6, 6.07) is 17.8. The highest BCUT2D eigenvalue weighted by atomic mass is 16.6. The molecule has 1 unspecified atom stereocenters. The molecular weight excluding hydrogens is 392 g/mol. The summed E-state index contributed by atoms with van der Waals surface area (Å²) < 4.78 is 10.6. The number of nitrogens with zero attached hydrogens (tertiary/aromatic N) is 1. The van der Waals surface area contributed by atoms with E-state index in [1.54, 1.807) is 12.0 Å². The number of carbonyl (C=O) groups is 2. The molecule has 31 heavy (non-hydrogen) atoms. The summed E-state index contributed by atoms with van der Waals surface area (Å²) in [6.45, 7) is 3.40. The van der Waals surface area contributed by atoms with Crippen LogP contribution in [0.5, 0.6) is 5.75 Å². The summed E-state index contributed by atoms with van der Waals surface area (Å²) in [7, 11) is 1.66. The molecule has 0 aromatic heterocycles. The van der Waals surface area contributed by atoms with Crippen LogP contribution in [0.1, 0.15) is 37.3 Å². The molecule has 3 rings (SSSR count). The number of rotatable bonds is 8. The molecule has 1 N–H and O–H groups in total. The van der Waals surface area contributed by atoms with Crippen LogP contribution in [0.2, 0.25) is 0 Å². The van der Waals surface area contributed by atoms with Gasteiger partial charge in [0.15, 0.2) is 0 Å². The lowest BCUT2D eigenvalue weighted by Gasteiger charge is -2.31. The number of hydrogen-bond acceptors (Lipinski definition) is 4. The van der Waals surface area contributed by atoms with E-state index in [1.165, 1.54) is 5.56 Å². The predicted octanol–water partition coefficient (Wildman–Crippen LogP) is 4.18. The Bertz CT molecular complexity index is 830. The van der Waals surface area contributed by atoms with E-state index < -0.39 is 0 Å². The number of likely N-dealkylation sites (tertiary alicyclic amines) is 1. The molecule has 1 saturated heterocycles. The summed E-state index contributed by atoms with van der Waals surface area (Å²) in [5, 5.41) is 3.13. The van der Waals surface area contributed by atoms with Crippen LogP contribution in [0.25, 0.3) is 0 Å². The molecule has 2 aromatic carbocycles. The maximum atomic E-state index is 12.6. The normalized spacial score (nSPS) is 15.2. The molecule has 2 amide bonds. The number of hydrogen-bond donors (Lipinski definition) is 1. The first-order valence-corrected chi connectivity index (χ1v) is 10.9. The van der Waals surface area contributed by atoms with Gasteiger partial charge in [0.2, 0.25) is 5.91 Å². The van der Waals surface area contributed by atoms with Gasteiger partial charge in [-0.3, -0.25) is 4.79 Å². The summed E-state index contributed by atoms with van der Waals surface area (Å²) in [5.74, 6) is 0.876. The molecule has 6 nitrogen and oxygen atoms in total. The van der Waals surface area contributed by atoms with E-state index in [-0.39, 0.29) is 30.6 Å². The Hall–Kier alpha value is -3.02. The third-order valence-electron chi connectivity index (χ3n) is 5.74. The number of ether oxygens (including phenoxy) is 2. The van der Waals surface area contributed by atoms with Gasteiger partial charge in [0.25, 0.3) is 0 Å². The molecule has 0 saturated carbocycles. The number of methoxy groups -OCH3 is 1. The van der Waals surface area contributed by atoms with Gasteiger partial charge in [0, 0.05) is 25.0 Å². The van der Waals surface area contributed by atoms with Gasteiger partial charge in [-0.15, -0.1) is 0 Å². The van der Waals surface area contributed by atoms with Crippen LogP contribution < -0.4 is 10.1 Å². The van der Waals surface area contributed by atoms with Crippen LogP contribution in [0.15, 0.2) is 54.6 Å². The first-order valence-electron chi connectivity index (χ1n) is 10.9. The van der Waals surface area contributed by atoms with Crippen molar-refractivity contribution in [2.75, 3.05) is 20.2 Å². The third-order valence-corrected chi connectivity index (χ3v) is 5.74. The number of benzene rings is 2. The quantitative estimate of drug-likeness (QED) is 0.690. The van der Waals surface area contributed by atoms with Crippen molar-refractivity contribution in [3.05, 3.63) is 65.7 Å². The lowest BCUT2D eigenvalue weighted by atomic mass is 9.95. The molecule has 6 heteroatoms. The number of nitrogens with one attached hydrogen (secondary N) is 1. The van der Waals surface area contributed by atoms with Crippen molar-refractivity contribution >= 4 is 12.0 Å². The first kappa shape index (κ1) is 22.7. The number of aryl methyl sites for hydroxylation is 1. The number of piperidine rings is 1. The maximum absolute atomic E-state index is 12.6. The Morgan fingerprint density at radius 3 is 2.35 bits per heavy atom. The fourth-order valence-electron chi connectivity index (χ4n) is 3.74. The van der Waals surface area contributed by atoms with Crippen molar-refractivity contribution in [3.8, 4) is 5.75 Å². The highest BCUT2D eigenvalue weighted by Crippen LogP contribution is 2.19. The fraction of sp³-hybridized carbons (Fsp3) is 0.440. The van der Waals surface area contributed by atoms with E-state index in [0.717, 1.165) is 24.2 Å². The van der Waals surface area contributed by atoms with Gasteiger partial charge in [-0.2, -0.15) is 0 Å². The molecule has 1 aliphatic rings. The standard InChI is InChI=1S/C25H32N2O4/c1-19(8-9-20-10-12-23(30-2)13-11-20)26-24(28)22-14-16-27(17-15-22)25(29)31-18-21-6-4-3-5-7-21/h3-7,10-13,19,22H,8-9,14-18H2,1-2H3,(H,26,28). The van der Waals surface area contributed by atoms with Gasteiger partial charge in [0.05, 0.1) is 7.11 Å². The van der Waals surface area contributed by atoms with Crippen molar-refractivity contribution in [3.63, 3.8) is 0 Å². The van der Waals surface area contributed by atoms with E-state index in [4.69, 9.17) is 9.47 Å². The second kappa shape index (κ2) is 11.4. The second-order valence-corrected chi connectivity index (χ2v) is 8.10. The smallest absolute Gasteiger partial charge is 0.410 e. The molecule has 2 aromatic rings. The Morgan fingerprint density at radius 1 is 1.03 bits per heavy atom. The highest BCUT2D eigenvalue weighted by Gasteiger charge is 2.28. The minimum Gasteiger partial charge on any atom is -0.497 e. The molecule has 1 atom stereocenters. The molecule has 1 aliphatic heterocycles. The van der Waals surface area contributed by atoms with Crippen LogP contribution >= 0.6 is 0 Å². The molecule has 1 heterocycles. The molecule has 1 fully saturated rings. The largest absolute Gasteiger partial charge is 0.497 e. The summed E-state index contributed by atoms with van der Waals surface area (Å²) in [4.78, 5) is 26.6. The van der Waals surface area contributed by atoms with Gasteiger partial charge in [-0.1, -0.05) is 42.5 Å². The van der Waals surface area contributed by atoms with Crippen LogP contribution in [0.4, 0.5) is 4.79 Å². The highest BCUT2D eigenvalue weighted by molar-refractivity contribution is 5.79. The van der Waals surface area contributed by atoms with E-state index in [9.17, 15) is 9.59 Å². The van der Waals surface area contributed by atoms with Gasteiger partial charge in [-0.05, 0) is 55.9 Å². The Labute approximate surface area is 184 Å². The lowest BCUT2D eigenvalue weighted by Crippen LogP contribution is -2.45. The minimum absolute atomic E-state index is 0.0541. The molecule has 0 bridgehead atoms.